The molecule has 2 aromatic carbocycles. The van der Waals surface area contributed by atoms with E-state index in [0.717, 1.165) is 42.1 Å². The van der Waals surface area contributed by atoms with Crippen molar-refractivity contribution in [1.29, 1.82) is 0 Å². The monoisotopic (exact) mass is 609 g/mol. The fourth-order valence-corrected chi connectivity index (χ4v) is 6.84. The molecule has 6 heteroatoms. The third-order valence-corrected chi connectivity index (χ3v) is 9.68. The number of hydrogen-bond donors (Lipinski definition) is 2. The minimum absolute atomic E-state index is 0.331. The van der Waals surface area contributed by atoms with Gasteiger partial charge < -0.3 is 15.2 Å². The molecule has 2 aromatic rings. The first-order valence-electron chi connectivity index (χ1n) is 16.6. The second kappa shape index (κ2) is 19.2. The van der Waals surface area contributed by atoms with Gasteiger partial charge in [-0.3, -0.25) is 4.79 Å². The van der Waals surface area contributed by atoms with E-state index in [4.69, 9.17) is 4.74 Å². The minimum Gasteiger partial charge on any atom is -0.480 e. The molecule has 2 N–H and O–H groups in total. The van der Waals surface area contributed by atoms with Crippen LogP contribution in [0.15, 0.2) is 42.5 Å². The lowest BCUT2D eigenvalue weighted by Gasteiger charge is -2.25. The second-order valence-corrected chi connectivity index (χ2v) is 13.6. The lowest BCUT2D eigenvalue weighted by Crippen LogP contribution is -2.41. The van der Waals surface area contributed by atoms with E-state index in [1.54, 1.807) is 11.8 Å². The number of hydrogen-bond acceptors (Lipinski definition) is 4. The number of unbranched alkanes of at least 4 members (excludes halogenated alkanes) is 2. The molecule has 0 bridgehead atoms. The number of nitrogens with one attached hydrogen (secondary N) is 1. The smallest absolute Gasteiger partial charge is 0.326 e. The van der Waals surface area contributed by atoms with Crippen LogP contribution in [0.5, 0.6) is 0 Å². The number of thioether (sulfide) groups is 1. The summed E-state index contributed by atoms with van der Waals surface area (Å²) in [6.45, 7) is 7.64. The predicted octanol–water partition coefficient (Wildman–Crippen LogP) is 9.10. The van der Waals surface area contributed by atoms with Crippen molar-refractivity contribution >= 4 is 23.6 Å². The van der Waals surface area contributed by atoms with Crippen molar-refractivity contribution in [1.82, 2.24) is 5.32 Å². The summed E-state index contributed by atoms with van der Waals surface area (Å²) in [4.78, 5) is 25.1. The number of ether oxygens (including phenoxy) is 1. The van der Waals surface area contributed by atoms with Crippen molar-refractivity contribution in [3.8, 4) is 11.1 Å². The molecule has 5 nitrogen and oxygen atoms in total. The number of aliphatic carboxylic acids is 1. The predicted molar refractivity (Wildman–Crippen MR) is 181 cm³/mol. The third kappa shape index (κ3) is 11.9. The van der Waals surface area contributed by atoms with E-state index in [1.807, 2.05) is 36.6 Å². The molecule has 3 rings (SSSR count). The van der Waals surface area contributed by atoms with Gasteiger partial charge in [0.25, 0.3) is 5.91 Å². The molecule has 1 aliphatic carbocycles. The van der Waals surface area contributed by atoms with Crippen molar-refractivity contribution in [3.63, 3.8) is 0 Å². The zero-order chi connectivity index (χ0) is 31.0. The van der Waals surface area contributed by atoms with Gasteiger partial charge in [-0.1, -0.05) is 95.2 Å². The number of aryl methyl sites for hydroxylation is 2. The Morgan fingerprint density at radius 1 is 1.02 bits per heavy atom. The summed E-state index contributed by atoms with van der Waals surface area (Å²) in [7, 11) is 0. The van der Waals surface area contributed by atoms with Crippen molar-refractivity contribution in [2.75, 3.05) is 18.6 Å². The molecule has 1 aliphatic rings. The Labute approximate surface area is 265 Å². The van der Waals surface area contributed by atoms with Crippen LogP contribution in [0.25, 0.3) is 11.1 Å². The number of carbonyl (C=O) groups excluding carboxylic acids is 1. The summed E-state index contributed by atoms with van der Waals surface area (Å²) in [5, 5.41) is 12.4. The molecule has 43 heavy (non-hydrogen) atoms. The summed E-state index contributed by atoms with van der Waals surface area (Å²) < 4.78 is 6.25. The molecule has 1 saturated carbocycles. The Morgan fingerprint density at radius 3 is 2.49 bits per heavy atom. The summed E-state index contributed by atoms with van der Waals surface area (Å²) in [5.41, 5.74) is 4.72. The van der Waals surface area contributed by atoms with Gasteiger partial charge in [-0.15, -0.1) is 0 Å². The Hall–Kier alpha value is -2.31. The van der Waals surface area contributed by atoms with E-state index >= 15 is 0 Å². The highest BCUT2D eigenvalue weighted by atomic mass is 32.2. The summed E-state index contributed by atoms with van der Waals surface area (Å²) in [6, 6.07) is 13.2. The highest BCUT2D eigenvalue weighted by molar-refractivity contribution is 7.98. The van der Waals surface area contributed by atoms with E-state index in [0.29, 0.717) is 29.8 Å². The van der Waals surface area contributed by atoms with Crippen LogP contribution in [0.2, 0.25) is 0 Å². The summed E-state index contributed by atoms with van der Waals surface area (Å²) in [6.07, 6.45) is 17.6. The fourth-order valence-electron chi connectivity index (χ4n) is 6.37. The maximum atomic E-state index is 13.3. The van der Waals surface area contributed by atoms with E-state index in [1.165, 1.54) is 69.8 Å². The largest absolute Gasteiger partial charge is 0.480 e. The van der Waals surface area contributed by atoms with E-state index in [2.05, 4.69) is 38.2 Å². The first kappa shape index (κ1) is 35.2. The average molecular weight is 610 g/mol. The molecule has 238 valence electrons. The first-order chi connectivity index (χ1) is 20.8. The lowest BCUT2D eigenvalue weighted by molar-refractivity contribution is -0.139. The number of carboxylic acid groups (broad SMARTS) is 1. The zero-order valence-electron chi connectivity index (χ0n) is 27.0. The average Bonchev–Trinajstić information content (AvgIpc) is 3.01. The Bertz CT molecular complexity index is 1130. The Balaban J connectivity index is 1.55. The Morgan fingerprint density at radius 2 is 1.79 bits per heavy atom. The first-order valence-corrected chi connectivity index (χ1v) is 18.0. The molecular weight excluding hydrogens is 554 g/mol. The standard InChI is InChI=1S/C37H55NO4S/c1-5-29(24-27(2)26-42-31-17-10-7-11-18-31)15-8-6-9-16-30-20-21-33(34(25-30)32-19-13-12-14-28(32)3)36(39)38-35(37(40)41)22-23-43-4/h12-14,19-21,25,27,29,31,35H,5-11,15-18,22-24,26H2,1-4H3,(H,38,39)(H,40,41)/t27-,29-,35-/m0/s1. The van der Waals surface area contributed by atoms with Gasteiger partial charge in [0.15, 0.2) is 0 Å². The number of carboxylic acids is 1. The van der Waals surface area contributed by atoms with Crippen LogP contribution in [-0.2, 0) is 16.0 Å². The van der Waals surface area contributed by atoms with E-state index < -0.39 is 12.0 Å². The molecule has 0 heterocycles. The van der Waals surface area contributed by atoms with Gasteiger partial charge in [0, 0.05) is 12.2 Å². The van der Waals surface area contributed by atoms with E-state index in [9.17, 15) is 14.7 Å². The topological polar surface area (TPSA) is 75.6 Å². The van der Waals surface area contributed by atoms with Crippen molar-refractivity contribution in [3.05, 3.63) is 59.2 Å². The molecular formula is C37H55NO4S. The minimum atomic E-state index is -0.996. The van der Waals surface area contributed by atoms with Gasteiger partial charge in [0.2, 0.25) is 0 Å². The van der Waals surface area contributed by atoms with Crippen LogP contribution < -0.4 is 5.32 Å². The highest BCUT2D eigenvalue weighted by Gasteiger charge is 2.23. The van der Waals surface area contributed by atoms with Crippen LogP contribution in [0, 0.1) is 18.8 Å². The molecule has 1 fully saturated rings. The van der Waals surface area contributed by atoms with Crippen LogP contribution in [0.3, 0.4) is 0 Å². The molecule has 0 radical (unpaired) electrons. The number of benzene rings is 2. The molecule has 0 spiro atoms. The van der Waals surface area contributed by atoms with Gasteiger partial charge in [-0.2, -0.15) is 11.8 Å². The van der Waals surface area contributed by atoms with Crippen LogP contribution in [0.4, 0.5) is 0 Å². The third-order valence-electron chi connectivity index (χ3n) is 9.04. The number of carbonyl (C=O) groups is 2. The van der Waals surface area contributed by atoms with Gasteiger partial charge >= 0.3 is 5.97 Å². The zero-order valence-corrected chi connectivity index (χ0v) is 27.9. The maximum Gasteiger partial charge on any atom is 0.326 e. The highest BCUT2D eigenvalue weighted by Crippen LogP contribution is 2.30. The molecule has 0 aliphatic heterocycles. The molecule has 1 amide bonds. The van der Waals surface area contributed by atoms with Crippen molar-refractivity contribution < 1.29 is 19.4 Å². The number of amides is 1. The van der Waals surface area contributed by atoms with Crippen molar-refractivity contribution in [2.45, 2.75) is 116 Å². The SMILES string of the molecule is CC[C@@H](CCCCCc1ccc(C(=O)N[C@@H](CCSC)C(=O)O)c(-c2ccccc2C)c1)C[C@H](C)COC1CCCCC1. The molecule has 0 unspecified atom stereocenters. The normalized spacial score (nSPS) is 16.0. The summed E-state index contributed by atoms with van der Waals surface area (Å²) in [5.74, 6) is 0.735. The van der Waals surface area contributed by atoms with Crippen LogP contribution in [0.1, 0.15) is 112 Å². The summed E-state index contributed by atoms with van der Waals surface area (Å²) >= 11 is 1.58. The van der Waals surface area contributed by atoms with Gasteiger partial charge in [0.1, 0.15) is 6.04 Å². The molecule has 0 aromatic heterocycles. The van der Waals surface area contributed by atoms with Gasteiger partial charge in [-0.25, -0.2) is 4.79 Å². The second-order valence-electron chi connectivity index (χ2n) is 12.6. The molecule has 3 atom stereocenters. The van der Waals surface area contributed by atoms with E-state index in [-0.39, 0.29) is 5.91 Å². The van der Waals surface area contributed by atoms with Gasteiger partial charge in [0.05, 0.1) is 6.10 Å². The quantitative estimate of drug-likeness (QED) is 0.155. The maximum absolute atomic E-state index is 13.3. The van der Waals surface area contributed by atoms with Gasteiger partial charge in [-0.05, 0) is 97.6 Å². The number of rotatable bonds is 19. The Kier molecular flexibility index (Phi) is 15.7. The van der Waals surface area contributed by atoms with Crippen molar-refractivity contribution in [2.24, 2.45) is 11.8 Å². The molecule has 0 saturated heterocycles. The van der Waals surface area contributed by atoms with Crippen LogP contribution in [-0.4, -0.2) is 47.7 Å². The van der Waals surface area contributed by atoms with Crippen LogP contribution >= 0.6 is 11.8 Å². The lowest BCUT2D eigenvalue weighted by atomic mass is 9.89. The fraction of sp³-hybridized carbons (Fsp3) is 0.622.